The lowest BCUT2D eigenvalue weighted by atomic mass is 10.1. The minimum absolute atomic E-state index is 0.0550. The third kappa shape index (κ3) is 5.99. The van der Waals surface area contributed by atoms with Gasteiger partial charge < -0.3 is 15.8 Å². The van der Waals surface area contributed by atoms with Gasteiger partial charge in [-0.3, -0.25) is 14.4 Å². The number of hydrogen-bond acceptors (Lipinski definition) is 4. The van der Waals surface area contributed by atoms with Gasteiger partial charge in [0.05, 0.1) is 19.4 Å². The van der Waals surface area contributed by atoms with Crippen LogP contribution in [-0.2, 0) is 25.5 Å². The van der Waals surface area contributed by atoms with Crippen LogP contribution in [0.5, 0.6) is 0 Å². The fourth-order valence-electron chi connectivity index (χ4n) is 1.58. The molecular formula is C14H18N2O4. The van der Waals surface area contributed by atoms with Crippen molar-refractivity contribution in [1.29, 1.82) is 0 Å². The Balaban J connectivity index is 2.42. The number of primary amides is 1. The Morgan fingerprint density at radius 3 is 2.35 bits per heavy atom. The van der Waals surface area contributed by atoms with E-state index in [0.29, 0.717) is 12.3 Å². The van der Waals surface area contributed by atoms with Crippen molar-refractivity contribution in [3.05, 3.63) is 29.8 Å². The minimum Gasteiger partial charge on any atom is -0.466 e. The fraction of sp³-hybridized carbons (Fsp3) is 0.357. The van der Waals surface area contributed by atoms with Crippen molar-refractivity contribution in [2.24, 2.45) is 5.73 Å². The zero-order chi connectivity index (χ0) is 15.0. The molecule has 0 saturated carbocycles. The molecular weight excluding hydrogens is 260 g/mol. The number of nitrogens with two attached hydrogens (primary N) is 1. The van der Waals surface area contributed by atoms with Crippen LogP contribution in [0.1, 0.15) is 25.3 Å². The summed E-state index contributed by atoms with van der Waals surface area (Å²) in [6.07, 6.45) is 0.290. The zero-order valence-electron chi connectivity index (χ0n) is 11.3. The van der Waals surface area contributed by atoms with Gasteiger partial charge in [-0.25, -0.2) is 0 Å². The molecule has 1 aromatic rings. The zero-order valence-corrected chi connectivity index (χ0v) is 11.3. The molecule has 0 unspecified atom stereocenters. The highest BCUT2D eigenvalue weighted by Crippen LogP contribution is 2.10. The van der Waals surface area contributed by atoms with Crippen LogP contribution in [0, 0.1) is 0 Å². The van der Waals surface area contributed by atoms with Crippen LogP contribution in [0.3, 0.4) is 0 Å². The lowest BCUT2D eigenvalue weighted by Crippen LogP contribution is -2.15. The van der Waals surface area contributed by atoms with Crippen molar-refractivity contribution in [3.8, 4) is 0 Å². The smallest absolute Gasteiger partial charge is 0.306 e. The van der Waals surface area contributed by atoms with Crippen molar-refractivity contribution in [2.45, 2.75) is 26.2 Å². The van der Waals surface area contributed by atoms with Gasteiger partial charge >= 0.3 is 5.97 Å². The van der Waals surface area contributed by atoms with Gasteiger partial charge in [-0.1, -0.05) is 12.1 Å². The van der Waals surface area contributed by atoms with E-state index in [1.807, 2.05) is 0 Å². The SMILES string of the molecule is CCOC(=O)CCC(=O)Nc1ccc(CC(N)=O)cc1. The first-order valence-corrected chi connectivity index (χ1v) is 6.34. The number of rotatable bonds is 7. The third-order valence-corrected chi connectivity index (χ3v) is 2.48. The summed E-state index contributed by atoms with van der Waals surface area (Å²) >= 11 is 0. The molecule has 0 aliphatic heterocycles. The van der Waals surface area contributed by atoms with Crippen LogP contribution in [0.25, 0.3) is 0 Å². The van der Waals surface area contributed by atoms with E-state index in [1.54, 1.807) is 31.2 Å². The van der Waals surface area contributed by atoms with Gasteiger partial charge in [-0.15, -0.1) is 0 Å². The molecule has 0 radical (unpaired) electrons. The first kappa shape index (κ1) is 15.7. The second kappa shape index (κ2) is 7.93. The molecule has 0 bridgehead atoms. The number of benzene rings is 1. The largest absolute Gasteiger partial charge is 0.466 e. The molecule has 0 atom stereocenters. The van der Waals surface area contributed by atoms with E-state index in [1.165, 1.54) is 0 Å². The van der Waals surface area contributed by atoms with Gasteiger partial charge in [0.15, 0.2) is 0 Å². The first-order chi connectivity index (χ1) is 9.51. The maximum absolute atomic E-state index is 11.6. The molecule has 0 spiro atoms. The van der Waals surface area contributed by atoms with Gasteiger partial charge in [-0.05, 0) is 24.6 Å². The standard InChI is InChI=1S/C14H18N2O4/c1-2-20-14(19)8-7-13(18)16-11-5-3-10(4-6-11)9-12(15)17/h3-6H,2,7-9H2,1H3,(H2,15,17)(H,16,18). The Labute approximate surface area is 117 Å². The van der Waals surface area contributed by atoms with Crippen LogP contribution >= 0.6 is 0 Å². The Morgan fingerprint density at radius 1 is 1.15 bits per heavy atom. The molecule has 3 N–H and O–H groups in total. The summed E-state index contributed by atoms with van der Waals surface area (Å²) in [4.78, 5) is 33.4. The van der Waals surface area contributed by atoms with Crippen LogP contribution in [0.15, 0.2) is 24.3 Å². The molecule has 0 heterocycles. The molecule has 0 fully saturated rings. The van der Waals surface area contributed by atoms with Gasteiger partial charge in [0, 0.05) is 12.1 Å². The second-order valence-electron chi connectivity index (χ2n) is 4.19. The predicted molar refractivity (Wildman–Crippen MR) is 73.8 cm³/mol. The average molecular weight is 278 g/mol. The molecule has 1 aromatic carbocycles. The van der Waals surface area contributed by atoms with Crippen molar-refractivity contribution in [2.75, 3.05) is 11.9 Å². The highest BCUT2D eigenvalue weighted by atomic mass is 16.5. The lowest BCUT2D eigenvalue weighted by Gasteiger charge is -2.06. The fourth-order valence-corrected chi connectivity index (χ4v) is 1.58. The summed E-state index contributed by atoms with van der Waals surface area (Å²) < 4.78 is 4.73. The molecule has 108 valence electrons. The monoisotopic (exact) mass is 278 g/mol. The molecule has 1 rings (SSSR count). The quantitative estimate of drug-likeness (QED) is 0.727. The first-order valence-electron chi connectivity index (χ1n) is 6.34. The van der Waals surface area contributed by atoms with Crippen molar-refractivity contribution in [3.63, 3.8) is 0 Å². The molecule has 0 aromatic heterocycles. The van der Waals surface area contributed by atoms with Gasteiger partial charge in [-0.2, -0.15) is 0 Å². The van der Waals surface area contributed by atoms with E-state index in [2.05, 4.69) is 5.32 Å². The van der Waals surface area contributed by atoms with E-state index in [4.69, 9.17) is 10.5 Å². The summed E-state index contributed by atoms with van der Waals surface area (Å²) in [6.45, 7) is 2.02. The molecule has 20 heavy (non-hydrogen) atoms. The van der Waals surface area contributed by atoms with Crippen LogP contribution in [0.2, 0.25) is 0 Å². The second-order valence-corrected chi connectivity index (χ2v) is 4.19. The molecule has 0 aliphatic carbocycles. The van der Waals surface area contributed by atoms with Crippen LogP contribution in [0.4, 0.5) is 5.69 Å². The van der Waals surface area contributed by atoms with E-state index < -0.39 is 5.91 Å². The Morgan fingerprint density at radius 2 is 1.80 bits per heavy atom. The molecule has 2 amide bonds. The average Bonchev–Trinajstić information content (AvgIpc) is 2.38. The summed E-state index contributed by atoms with van der Waals surface area (Å²) in [5.74, 6) is -1.06. The maximum atomic E-state index is 11.6. The van der Waals surface area contributed by atoms with Crippen LogP contribution in [-0.4, -0.2) is 24.4 Å². The van der Waals surface area contributed by atoms with Gasteiger partial charge in [0.2, 0.25) is 11.8 Å². The summed E-state index contributed by atoms with van der Waals surface area (Å²) in [6, 6.07) is 6.79. The van der Waals surface area contributed by atoms with Crippen molar-refractivity contribution in [1.82, 2.24) is 0 Å². The van der Waals surface area contributed by atoms with E-state index in [0.717, 1.165) is 5.56 Å². The normalized spacial score (nSPS) is 9.85. The summed E-state index contributed by atoms with van der Waals surface area (Å²) in [7, 11) is 0. The number of carbonyl (C=O) groups excluding carboxylic acids is 3. The number of anilines is 1. The maximum Gasteiger partial charge on any atom is 0.306 e. The van der Waals surface area contributed by atoms with Gasteiger partial charge in [0.25, 0.3) is 0 Å². The van der Waals surface area contributed by atoms with Crippen molar-refractivity contribution < 1.29 is 19.1 Å². The highest BCUT2D eigenvalue weighted by Gasteiger charge is 2.08. The Hall–Kier alpha value is -2.37. The van der Waals surface area contributed by atoms with Crippen molar-refractivity contribution >= 4 is 23.5 Å². The predicted octanol–water partition coefficient (Wildman–Crippen LogP) is 0.996. The van der Waals surface area contributed by atoms with E-state index in [-0.39, 0.29) is 31.1 Å². The number of hydrogen-bond donors (Lipinski definition) is 2. The number of esters is 1. The van der Waals surface area contributed by atoms with Crippen LogP contribution < -0.4 is 11.1 Å². The summed E-state index contributed by atoms with van der Waals surface area (Å²) in [5.41, 5.74) is 6.47. The van der Waals surface area contributed by atoms with Gasteiger partial charge in [0.1, 0.15) is 0 Å². The lowest BCUT2D eigenvalue weighted by molar-refractivity contribution is -0.144. The number of nitrogens with one attached hydrogen (secondary N) is 1. The molecule has 0 saturated heterocycles. The number of carbonyl (C=O) groups is 3. The topological polar surface area (TPSA) is 98.5 Å². The number of amides is 2. The van der Waals surface area contributed by atoms with E-state index in [9.17, 15) is 14.4 Å². The highest BCUT2D eigenvalue weighted by molar-refractivity contribution is 5.92. The Bertz CT molecular complexity index is 482. The molecule has 0 aliphatic rings. The third-order valence-electron chi connectivity index (χ3n) is 2.48. The molecule has 6 nitrogen and oxygen atoms in total. The van der Waals surface area contributed by atoms with E-state index >= 15 is 0 Å². The molecule has 6 heteroatoms. The number of ether oxygens (including phenoxy) is 1. The minimum atomic E-state index is -0.406. The summed E-state index contributed by atoms with van der Waals surface area (Å²) in [5, 5.41) is 2.66. The Kier molecular flexibility index (Phi) is 6.22.